The van der Waals surface area contributed by atoms with E-state index in [9.17, 15) is 4.79 Å². The van der Waals surface area contributed by atoms with Gasteiger partial charge in [0.15, 0.2) is 0 Å². The van der Waals surface area contributed by atoms with Crippen molar-refractivity contribution < 1.29 is 4.79 Å². The maximum absolute atomic E-state index is 12.0. The molecule has 1 N–H and O–H groups in total. The van der Waals surface area contributed by atoms with Crippen LogP contribution in [0.4, 0.5) is 5.69 Å². The third kappa shape index (κ3) is 2.91. The summed E-state index contributed by atoms with van der Waals surface area (Å²) in [6.45, 7) is 0. The normalized spacial score (nSPS) is 10.4. The summed E-state index contributed by atoms with van der Waals surface area (Å²) >= 11 is 20.0. The van der Waals surface area contributed by atoms with Gasteiger partial charge in [-0.05, 0) is 55.4 Å². The van der Waals surface area contributed by atoms with Crippen LogP contribution in [0.2, 0.25) is 10.0 Å². The number of benzene rings is 1. The zero-order valence-corrected chi connectivity index (χ0v) is 14.1. The molecule has 0 aliphatic heterocycles. The van der Waals surface area contributed by atoms with E-state index < -0.39 is 0 Å². The Kier molecular flexibility index (Phi) is 4.72. The number of nitrogens with one attached hydrogen (secondary N) is 1. The minimum atomic E-state index is -0.225. The highest BCUT2D eigenvalue weighted by molar-refractivity contribution is 9.10. The van der Waals surface area contributed by atoms with E-state index in [0.717, 1.165) is 4.47 Å². The summed E-state index contributed by atoms with van der Waals surface area (Å²) < 4.78 is 1.44. The molecular formula is C11H5Br2Cl2NOS. The van der Waals surface area contributed by atoms with E-state index in [1.807, 2.05) is 11.4 Å². The third-order valence-corrected chi connectivity index (χ3v) is 5.71. The number of carbonyl (C=O) groups is 1. The van der Waals surface area contributed by atoms with Crippen molar-refractivity contribution in [3.05, 3.63) is 47.4 Å². The first-order valence-corrected chi connectivity index (χ1v) is 7.90. The van der Waals surface area contributed by atoms with Crippen LogP contribution in [-0.2, 0) is 0 Å². The van der Waals surface area contributed by atoms with Crippen LogP contribution in [0.15, 0.2) is 32.5 Å². The number of amides is 1. The van der Waals surface area contributed by atoms with Crippen molar-refractivity contribution in [3.63, 3.8) is 0 Å². The van der Waals surface area contributed by atoms with Crippen LogP contribution in [0, 0.1) is 0 Å². The third-order valence-electron chi connectivity index (χ3n) is 2.11. The minimum Gasteiger partial charge on any atom is -0.320 e. The fourth-order valence-corrected chi connectivity index (χ4v) is 3.53. The first-order chi connectivity index (χ1) is 8.50. The molecule has 2 nitrogen and oxygen atoms in total. The molecule has 0 fully saturated rings. The van der Waals surface area contributed by atoms with Gasteiger partial charge in [-0.2, -0.15) is 0 Å². The summed E-state index contributed by atoms with van der Waals surface area (Å²) in [5.41, 5.74) is 0.482. The molecule has 0 aliphatic rings. The predicted molar refractivity (Wildman–Crippen MR) is 84.1 cm³/mol. The Morgan fingerprint density at radius 3 is 2.44 bits per heavy atom. The molecule has 0 unspecified atom stereocenters. The van der Waals surface area contributed by atoms with Crippen molar-refractivity contribution in [1.82, 2.24) is 0 Å². The van der Waals surface area contributed by atoms with E-state index in [0.29, 0.717) is 25.1 Å². The fraction of sp³-hybridized carbons (Fsp3) is 0. The zero-order chi connectivity index (χ0) is 13.3. The van der Waals surface area contributed by atoms with Crippen LogP contribution in [-0.4, -0.2) is 5.91 Å². The van der Waals surface area contributed by atoms with E-state index in [2.05, 4.69) is 37.2 Å². The molecule has 0 saturated heterocycles. The van der Waals surface area contributed by atoms with Crippen LogP contribution < -0.4 is 5.32 Å². The van der Waals surface area contributed by atoms with Crippen LogP contribution in [0.1, 0.15) is 9.67 Å². The van der Waals surface area contributed by atoms with Crippen LogP contribution in [0.5, 0.6) is 0 Å². The van der Waals surface area contributed by atoms with Crippen molar-refractivity contribution in [3.8, 4) is 0 Å². The SMILES string of the molecule is O=C(Nc1ccc(Br)c(Cl)c1Cl)c1sccc1Br. The summed E-state index contributed by atoms with van der Waals surface area (Å²) in [6, 6.07) is 5.24. The molecule has 1 heterocycles. The van der Waals surface area contributed by atoms with Gasteiger partial charge in [0.25, 0.3) is 5.91 Å². The average Bonchev–Trinajstić information content (AvgIpc) is 2.76. The summed E-state index contributed by atoms with van der Waals surface area (Å²) in [4.78, 5) is 12.6. The van der Waals surface area contributed by atoms with E-state index in [1.165, 1.54) is 11.3 Å². The number of hydrogen-bond acceptors (Lipinski definition) is 2. The Hall–Kier alpha value is -0.0700. The van der Waals surface area contributed by atoms with E-state index in [1.54, 1.807) is 12.1 Å². The molecule has 18 heavy (non-hydrogen) atoms. The predicted octanol–water partition coefficient (Wildman–Crippen LogP) is 5.83. The molecule has 94 valence electrons. The molecule has 0 aliphatic carbocycles. The molecule has 2 rings (SSSR count). The van der Waals surface area contributed by atoms with Gasteiger partial charge in [-0.15, -0.1) is 11.3 Å². The van der Waals surface area contributed by atoms with Crippen molar-refractivity contribution in [2.45, 2.75) is 0 Å². The second kappa shape index (κ2) is 5.92. The monoisotopic (exact) mass is 427 g/mol. The summed E-state index contributed by atoms with van der Waals surface area (Å²) in [5, 5.41) is 5.24. The molecule has 0 atom stereocenters. The Morgan fingerprint density at radius 2 is 1.83 bits per heavy atom. The Balaban J connectivity index is 2.28. The molecule has 0 saturated carbocycles. The average molecular weight is 430 g/mol. The maximum Gasteiger partial charge on any atom is 0.266 e. The molecule has 1 aromatic heterocycles. The van der Waals surface area contributed by atoms with E-state index in [4.69, 9.17) is 23.2 Å². The van der Waals surface area contributed by atoms with Gasteiger partial charge in [0.1, 0.15) is 4.88 Å². The van der Waals surface area contributed by atoms with Gasteiger partial charge in [-0.1, -0.05) is 23.2 Å². The Bertz CT molecular complexity index is 615. The lowest BCUT2D eigenvalue weighted by Gasteiger charge is -2.08. The standard InChI is InChI=1S/C11H5Br2Cl2NOS/c12-5-1-2-7(9(15)8(5)14)16-11(17)10-6(13)3-4-18-10/h1-4H,(H,16,17). The second-order valence-electron chi connectivity index (χ2n) is 3.27. The van der Waals surface area contributed by atoms with Crippen LogP contribution >= 0.6 is 66.4 Å². The zero-order valence-electron chi connectivity index (χ0n) is 8.64. The number of halogens is 4. The van der Waals surface area contributed by atoms with Gasteiger partial charge in [0, 0.05) is 8.95 Å². The maximum atomic E-state index is 12.0. The summed E-state index contributed by atoms with van der Waals surface area (Å²) in [7, 11) is 0. The van der Waals surface area contributed by atoms with E-state index >= 15 is 0 Å². The van der Waals surface area contributed by atoms with Gasteiger partial charge in [0.2, 0.25) is 0 Å². The number of hydrogen-bond donors (Lipinski definition) is 1. The number of carbonyl (C=O) groups excluding carboxylic acids is 1. The van der Waals surface area contributed by atoms with Gasteiger partial charge in [-0.3, -0.25) is 4.79 Å². The molecule has 0 radical (unpaired) electrons. The van der Waals surface area contributed by atoms with Gasteiger partial charge in [0.05, 0.1) is 15.7 Å². The van der Waals surface area contributed by atoms with Crippen LogP contribution in [0.25, 0.3) is 0 Å². The van der Waals surface area contributed by atoms with Gasteiger partial charge in [-0.25, -0.2) is 0 Å². The Morgan fingerprint density at radius 1 is 1.11 bits per heavy atom. The molecule has 1 amide bonds. The van der Waals surface area contributed by atoms with Gasteiger partial charge >= 0.3 is 0 Å². The van der Waals surface area contributed by atoms with Crippen LogP contribution in [0.3, 0.4) is 0 Å². The fourth-order valence-electron chi connectivity index (χ4n) is 1.26. The minimum absolute atomic E-state index is 0.225. The largest absolute Gasteiger partial charge is 0.320 e. The second-order valence-corrected chi connectivity index (χ2v) is 6.66. The first-order valence-electron chi connectivity index (χ1n) is 4.68. The lowest BCUT2D eigenvalue weighted by Crippen LogP contribution is -2.11. The van der Waals surface area contributed by atoms with Crippen molar-refractivity contribution in [2.24, 2.45) is 0 Å². The molecule has 7 heteroatoms. The number of thiophene rings is 1. The van der Waals surface area contributed by atoms with E-state index in [-0.39, 0.29) is 5.91 Å². The Labute approximate surface area is 135 Å². The highest BCUT2D eigenvalue weighted by Crippen LogP contribution is 2.36. The first kappa shape index (κ1) is 14.3. The quantitative estimate of drug-likeness (QED) is 0.597. The highest BCUT2D eigenvalue weighted by Gasteiger charge is 2.15. The van der Waals surface area contributed by atoms with Crippen molar-refractivity contribution >= 4 is 78.0 Å². The molecule has 0 spiro atoms. The topological polar surface area (TPSA) is 29.1 Å². The lowest BCUT2D eigenvalue weighted by molar-refractivity contribution is 0.103. The van der Waals surface area contributed by atoms with Crippen molar-refractivity contribution in [2.75, 3.05) is 5.32 Å². The van der Waals surface area contributed by atoms with Crippen molar-refractivity contribution in [1.29, 1.82) is 0 Å². The summed E-state index contributed by atoms with van der Waals surface area (Å²) in [5.74, 6) is -0.225. The molecule has 1 aromatic carbocycles. The molecular weight excluding hydrogens is 425 g/mol. The number of anilines is 1. The summed E-state index contributed by atoms with van der Waals surface area (Å²) in [6.07, 6.45) is 0. The number of rotatable bonds is 2. The smallest absolute Gasteiger partial charge is 0.266 e. The highest BCUT2D eigenvalue weighted by atomic mass is 79.9. The molecule has 0 bridgehead atoms. The lowest BCUT2D eigenvalue weighted by atomic mass is 10.3. The molecule has 2 aromatic rings. The van der Waals surface area contributed by atoms with Gasteiger partial charge < -0.3 is 5.32 Å².